The van der Waals surface area contributed by atoms with E-state index in [4.69, 9.17) is 5.11 Å². The number of aliphatic hydroxyl groups is 1. The van der Waals surface area contributed by atoms with Crippen LogP contribution in [0.1, 0.15) is 36.8 Å². The molecule has 2 nitrogen and oxygen atoms in total. The van der Waals surface area contributed by atoms with Gasteiger partial charge in [0.15, 0.2) is 0 Å². The second-order valence-corrected chi connectivity index (χ2v) is 4.93. The van der Waals surface area contributed by atoms with Gasteiger partial charge in [0.25, 0.3) is 0 Å². The molecule has 1 heterocycles. The number of aliphatic hydroxyl groups excluding tert-OH is 1. The molecule has 2 rings (SSSR count). The molecular formula is C15H23NO. The van der Waals surface area contributed by atoms with Gasteiger partial charge in [-0.15, -0.1) is 0 Å². The third kappa shape index (κ3) is 3.83. The lowest BCUT2D eigenvalue weighted by Gasteiger charge is -2.27. The SMILES string of the molecule is OCCCc1ccccc1CN1CCCCC1. The van der Waals surface area contributed by atoms with E-state index in [0.29, 0.717) is 0 Å². The van der Waals surface area contributed by atoms with E-state index in [1.807, 2.05) is 0 Å². The van der Waals surface area contributed by atoms with Crippen LogP contribution in [0.25, 0.3) is 0 Å². The smallest absolute Gasteiger partial charge is 0.0434 e. The molecule has 1 aliphatic rings. The Kier molecular flexibility index (Phi) is 5.02. The predicted octanol–water partition coefficient (Wildman–Crippen LogP) is 2.60. The van der Waals surface area contributed by atoms with E-state index >= 15 is 0 Å². The number of likely N-dealkylation sites (tertiary alicyclic amines) is 1. The van der Waals surface area contributed by atoms with Gasteiger partial charge in [-0.1, -0.05) is 30.7 Å². The van der Waals surface area contributed by atoms with Crippen molar-refractivity contribution in [3.8, 4) is 0 Å². The Morgan fingerprint density at radius 2 is 1.71 bits per heavy atom. The van der Waals surface area contributed by atoms with Crippen molar-refractivity contribution in [2.45, 2.75) is 38.6 Å². The molecule has 1 N–H and O–H groups in total. The monoisotopic (exact) mass is 233 g/mol. The van der Waals surface area contributed by atoms with E-state index in [1.165, 1.54) is 43.5 Å². The number of piperidine rings is 1. The van der Waals surface area contributed by atoms with Crippen LogP contribution in [0, 0.1) is 0 Å². The second-order valence-electron chi connectivity index (χ2n) is 4.93. The van der Waals surface area contributed by atoms with Gasteiger partial charge in [0.1, 0.15) is 0 Å². The van der Waals surface area contributed by atoms with E-state index in [-0.39, 0.29) is 6.61 Å². The molecular weight excluding hydrogens is 210 g/mol. The molecule has 0 aromatic heterocycles. The number of hydrogen-bond acceptors (Lipinski definition) is 2. The summed E-state index contributed by atoms with van der Waals surface area (Å²) in [4.78, 5) is 2.56. The standard InChI is InChI=1S/C15H23NO/c17-12-6-9-14-7-2-3-8-15(14)13-16-10-4-1-5-11-16/h2-3,7-8,17H,1,4-6,9-13H2. The number of benzene rings is 1. The first-order valence-electron chi connectivity index (χ1n) is 6.80. The molecule has 1 aromatic rings. The average Bonchev–Trinajstić information content (AvgIpc) is 2.39. The molecule has 0 aliphatic carbocycles. The predicted molar refractivity (Wildman–Crippen MR) is 71.0 cm³/mol. The van der Waals surface area contributed by atoms with Crippen molar-refractivity contribution in [1.29, 1.82) is 0 Å². The van der Waals surface area contributed by atoms with Gasteiger partial charge in [-0.3, -0.25) is 4.90 Å². The van der Waals surface area contributed by atoms with Crippen molar-refractivity contribution in [3.63, 3.8) is 0 Å². The summed E-state index contributed by atoms with van der Waals surface area (Å²) in [6, 6.07) is 8.67. The van der Waals surface area contributed by atoms with Crippen LogP contribution >= 0.6 is 0 Å². The summed E-state index contributed by atoms with van der Waals surface area (Å²) in [5.41, 5.74) is 2.86. The topological polar surface area (TPSA) is 23.5 Å². The molecule has 0 atom stereocenters. The lowest BCUT2D eigenvalue weighted by Crippen LogP contribution is -2.29. The van der Waals surface area contributed by atoms with E-state index in [0.717, 1.165) is 19.4 Å². The molecule has 0 spiro atoms. The zero-order valence-electron chi connectivity index (χ0n) is 10.6. The van der Waals surface area contributed by atoms with Crippen molar-refractivity contribution < 1.29 is 5.11 Å². The number of aryl methyl sites for hydroxylation is 1. The zero-order chi connectivity index (χ0) is 11.9. The summed E-state index contributed by atoms with van der Waals surface area (Å²) in [6.45, 7) is 3.86. The summed E-state index contributed by atoms with van der Waals surface area (Å²) < 4.78 is 0. The van der Waals surface area contributed by atoms with Crippen LogP contribution in [-0.2, 0) is 13.0 Å². The minimum absolute atomic E-state index is 0.290. The largest absolute Gasteiger partial charge is 0.396 e. The Balaban J connectivity index is 1.98. The minimum atomic E-state index is 0.290. The molecule has 0 bridgehead atoms. The molecule has 1 aromatic carbocycles. The molecule has 1 aliphatic heterocycles. The molecule has 1 fully saturated rings. The summed E-state index contributed by atoms with van der Waals surface area (Å²) in [5, 5.41) is 8.93. The lowest BCUT2D eigenvalue weighted by molar-refractivity contribution is 0.220. The van der Waals surface area contributed by atoms with Crippen molar-refractivity contribution in [2.75, 3.05) is 19.7 Å². The maximum Gasteiger partial charge on any atom is 0.0434 e. The Hall–Kier alpha value is -0.860. The van der Waals surface area contributed by atoms with Crippen molar-refractivity contribution in [2.24, 2.45) is 0 Å². The summed E-state index contributed by atoms with van der Waals surface area (Å²) in [6.07, 6.45) is 5.96. The molecule has 94 valence electrons. The maximum absolute atomic E-state index is 8.93. The second kappa shape index (κ2) is 6.77. The third-order valence-electron chi connectivity index (χ3n) is 3.57. The Morgan fingerprint density at radius 3 is 2.41 bits per heavy atom. The van der Waals surface area contributed by atoms with Crippen LogP contribution in [0.5, 0.6) is 0 Å². The van der Waals surface area contributed by atoms with Gasteiger partial charge in [-0.2, -0.15) is 0 Å². The Morgan fingerprint density at radius 1 is 1.00 bits per heavy atom. The van der Waals surface area contributed by atoms with Crippen molar-refractivity contribution >= 4 is 0 Å². The first-order chi connectivity index (χ1) is 8.40. The van der Waals surface area contributed by atoms with Crippen molar-refractivity contribution in [3.05, 3.63) is 35.4 Å². The number of nitrogens with zero attached hydrogens (tertiary/aromatic N) is 1. The molecule has 2 heteroatoms. The highest BCUT2D eigenvalue weighted by atomic mass is 16.2. The first-order valence-corrected chi connectivity index (χ1v) is 6.80. The third-order valence-corrected chi connectivity index (χ3v) is 3.57. The summed E-state index contributed by atoms with van der Waals surface area (Å²) >= 11 is 0. The Bertz CT molecular complexity index is 331. The number of hydrogen-bond donors (Lipinski definition) is 1. The van der Waals surface area contributed by atoms with E-state index in [9.17, 15) is 0 Å². The number of rotatable bonds is 5. The molecule has 0 saturated carbocycles. The molecule has 0 amide bonds. The molecule has 0 radical (unpaired) electrons. The molecule has 1 saturated heterocycles. The average molecular weight is 233 g/mol. The van der Waals surface area contributed by atoms with E-state index in [2.05, 4.69) is 29.2 Å². The normalized spacial score (nSPS) is 17.2. The minimum Gasteiger partial charge on any atom is -0.396 e. The summed E-state index contributed by atoms with van der Waals surface area (Å²) in [5.74, 6) is 0. The van der Waals surface area contributed by atoms with Gasteiger partial charge < -0.3 is 5.11 Å². The van der Waals surface area contributed by atoms with Crippen LogP contribution in [0.15, 0.2) is 24.3 Å². The van der Waals surface area contributed by atoms with Gasteiger partial charge in [0.2, 0.25) is 0 Å². The van der Waals surface area contributed by atoms with Gasteiger partial charge in [0, 0.05) is 13.2 Å². The zero-order valence-corrected chi connectivity index (χ0v) is 10.6. The van der Waals surface area contributed by atoms with Crippen LogP contribution < -0.4 is 0 Å². The van der Waals surface area contributed by atoms with E-state index < -0.39 is 0 Å². The van der Waals surface area contributed by atoms with Crippen molar-refractivity contribution in [1.82, 2.24) is 4.90 Å². The fraction of sp³-hybridized carbons (Fsp3) is 0.600. The quantitative estimate of drug-likeness (QED) is 0.845. The molecule has 0 unspecified atom stereocenters. The highest BCUT2D eigenvalue weighted by Gasteiger charge is 2.11. The highest BCUT2D eigenvalue weighted by molar-refractivity contribution is 5.27. The van der Waals surface area contributed by atoms with Gasteiger partial charge in [-0.25, -0.2) is 0 Å². The van der Waals surface area contributed by atoms with Crippen LogP contribution in [0.2, 0.25) is 0 Å². The lowest BCUT2D eigenvalue weighted by atomic mass is 10.0. The molecule has 17 heavy (non-hydrogen) atoms. The van der Waals surface area contributed by atoms with Crippen LogP contribution in [-0.4, -0.2) is 29.7 Å². The highest BCUT2D eigenvalue weighted by Crippen LogP contribution is 2.17. The first kappa shape index (κ1) is 12.6. The van der Waals surface area contributed by atoms with Gasteiger partial charge >= 0.3 is 0 Å². The van der Waals surface area contributed by atoms with Gasteiger partial charge in [0.05, 0.1) is 0 Å². The fourth-order valence-electron chi connectivity index (χ4n) is 2.58. The van der Waals surface area contributed by atoms with Gasteiger partial charge in [-0.05, 0) is 49.9 Å². The fourth-order valence-corrected chi connectivity index (χ4v) is 2.58. The maximum atomic E-state index is 8.93. The van der Waals surface area contributed by atoms with E-state index in [1.54, 1.807) is 0 Å². The Labute approximate surface area is 104 Å². The van der Waals surface area contributed by atoms with Crippen LogP contribution in [0.4, 0.5) is 0 Å². The van der Waals surface area contributed by atoms with Crippen LogP contribution in [0.3, 0.4) is 0 Å². The summed E-state index contributed by atoms with van der Waals surface area (Å²) in [7, 11) is 0.